The third-order valence-corrected chi connectivity index (χ3v) is 11.2. The number of fused-ring (bicyclic) bond motifs is 13. The van der Waals surface area contributed by atoms with Crippen LogP contribution < -0.4 is 0 Å². The molecule has 12 aromatic rings. The average molecular weight is 648 g/mol. The van der Waals surface area contributed by atoms with Gasteiger partial charge in [0, 0.05) is 60.0 Å². The molecule has 0 saturated heterocycles. The molecule has 236 valence electrons. The number of nitrogens with zero attached hydrogens (tertiary/aromatic N) is 3. The van der Waals surface area contributed by atoms with Crippen LogP contribution in [-0.2, 0) is 0 Å². The molecule has 4 heterocycles. The summed E-state index contributed by atoms with van der Waals surface area (Å²) < 4.78 is 7.40. The molecule has 0 saturated carbocycles. The Kier molecular flexibility index (Phi) is 5.23. The summed E-state index contributed by atoms with van der Waals surface area (Å²) in [5, 5.41) is 10.3. The zero-order valence-corrected chi connectivity index (χ0v) is 27.6. The molecule has 0 bridgehead atoms. The van der Waals surface area contributed by atoms with E-state index in [1.54, 1.807) is 0 Å². The van der Waals surface area contributed by atoms with Gasteiger partial charge in [0.15, 0.2) is 0 Å². The number of hydrogen-bond acceptors (Lipinski definition) is 0. The lowest BCUT2D eigenvalue weighted by atomic mass is 9.96. The van der Waals surface area contributed by atoms with Crippen LogP contribution in [0.25, 0.3) is 104 Å². The molecule has 8 aromatic carbocycles. The third kappa shape index (κ3) is 3.42. The van der Waals surface area contributed by atoms with Crippen LogP contribution in [0.5, 0.6) is 0 Å². The van der Waals surface area contributed by atoms with Gasteiger partial charge >= 0.3 is 0 Å². The van der Waals surface area contributed by atoms with Crippen molar-refractivity contribution in [1.82, 2.24) is 13.5 Å². The van der Waals surface area contributed by atoms with Gasteiger partial charge in [0.25, 0.3) is 0 Å². The number of benzene rings is 8. The minimum absolute atomic E-state index is 1.17. The molecule has 0 atom stereocenters. The Morgan fingerprint density at radius 1 is 0.255 bits per heavy atom. The van der Waals surface area contributed by atoms with Crippen molar-refractivity contribution in [2.75, 3.05) is 0 Å². The monoisotopic (exact) mass is 647 g/mol. The highest BCUT2D eigenvalue weighted by molar-refractivity contribution is 6.34. The molecule has 0 N–H and O–H groups in total. The van der Waals surface area contributed by atoms with Crippen molar-refractivity contribution >= 4 is 81.7 Å². The van der Waals surface area contributed by atoms with Gasteiger partial charge in [0.2, 0.25) is 0 Å². The molecule has 0 aliphatic rings. The number of rotatable bonds is 3. The summed E-state index contributed by atoms with van der Waals surface area (Å²) in [6.45, 7) is 0. The van der Waals surface area contributed by atoms with E-state index in [1.807, 2.05) is 0 Å². The summed E-state index contributed by atoms with van der Waals surface area (Å²) in [6.07, 6.45) is 0. The lowest BCUT2D eigenvalue weighted by molar-refractivity contribution is 1.18. The maximum Gasteiger partial charge on any atom is 0.0621 e. The molecule has 0 unspecified atom stereocenters. The molecule has 0 fully saturated rings. The van der Waals surface area contributed by atoms with Crippen LogP contribution in [0.1, 0.15) is 0 Å². The Bertz CT molecular complexity index is 3340. The van der Waals surface area contributed by atoms with Crippen molar-refractivity contribution in [3.05, 3.63) is 176 Å². The Balaban J connectivity index is 1.25. The first-order valence-electron chi connectivity index (χ1n) is 17.6. The predicted molar refractivity (Wildman–Crippen MR) is 215 cm³/mol. The summed E-state index contributed by atoms with van der Waals surface area (Å²) in [7, 11) is 0. The Hall–Kier alpha value is -6.84. The number of aromatic nitrogens is 3. The first kappa shape index (κ1) is 27.0. The predicted octanol–water partition coefficient (Wildman–Crippen LogP) is 12.7. The summed E-state index contributed by atoms with van der Waals surface area (Å²) in [5.41, 5.74) is 13.5. The second-order valence-corrected chi connectivity index (χ2v) is 13.7. The largest absolute Gasteiger partial charge is 0.309 e. The van der Waals surface area contributed by atoms with Gasteiger partial charge in [-0.2, -0.15) is 0 Å². The van der Waals surface area contributed by atoms with Crippen molar-refractivity contribution < 1.29 is 0 Å². The Morgan fingerprint density at radius 2 is 0.706 bits per heavy atom. The van der Waals surface area contributed by atoms with Crippen molar-refractivity contribution in [3.8, 4) is 22.5 Å². The molecule has 12 rings (SSSR count). The Labute approximate surface area is 292 Å². The van der Waals surface area contributed by atoms with Crippen molar-refractivity contribution in [2.45, 2.75) is 0 Å². The van der Waals surface area contributed by atoms with E-state index in [1.165, 1.54) is 104 Å². The molecule has 4 aromatic heterocycles. The van der Waals surface area contributed by atoms with E-state index < -0.39 is 0 Å². The van der Waals surface area contributed by atoms with Gasteiger partial charge in [0.05, 0.1) is 38.6 Å². The third-order valence-electron chi connectivity index (χ3n) is 11.2. The minimum Gasteiger partial charge on any atom is -0.309 e. The number of para-hydroxylation sites is 6. The standard InChI is InChI=1S/C48H29N3/c1-3-14-30(15-4-1)49-39-25-9-7-18-36(39)44-32(20-13-27-41(44)49)33-21-11-22-34-35-23-12-24-38-46-43(51(47(33)34)48(35)38)29-28-42-45(46)37-19-8-10-26-40(37)50(42)31-16-5-2-6-17-31/h1-29H. The van der Waals surface area contributed by atoms with Crippen LogP contribution in [0.15, 0.2) is 176 Å². The van der Waals surface area contributed by atoms with Crippen molar-refractivity contribution in [2.24, 2.45) is 0 Å². The molecule has 0 radical (unpaired) electrons. The quantitative estimate of drug-likeness (QED) is 0.181. The maximum atomic E-state index is 2.56. The van der Waals surface area contributed by atoms with E-state index in [9.17, 15) is 0 Å². The van der Waals surface area contributed by atoms with Crippen LogP contribution in [0, 0.1) is 0 Å². The topological polar surface area (TPSA) is 14.3 Å². The highest BCUT2D eigenvalue weighted by atomic mass is 15.0. The van der Waals surface area contributed by atoms with Crippen LogP contribution in [0.3, 0.4) is 0 Å². The van der Waals surface area contributed by atoms with Gasteiger partial charge in [-0.25, -0.2) is 0 Å². The molecular weight excluding hydrogens is 619 g/mol. The molecule has 0 amide bonds. The average Bonchev–Trinajstić information content (AvgIpc) is 3.92. The molecule has 0 aliphatic heterocycles. The van der Waals surface area contributed by atoms with Crippen LogP contribution in [0.4, 0.5) is 0 Å². The van der Waals surface area contributed by atoms with Crippen molar-refractivity contribution in [1.29, 1.82) is 0 Å². The van der Waals surface area contributed by atoms with Crippen LogP contribution in [-0.4, -0.2) is 13.5 Å². The van der Waals surface area contributed by atoms with E-state index >= 15 is 0 Å². The van der Waals surface area contributed by atoms with Gasteiger partial charge in [0.1, 0.15) is 0 Å². The molecule has 0 spiro atoms. The molecule has 51 heavy (non-hydrogen) atoms. The molecule has 3 heteroatoms. The van der Waals surface area contributed by atoms with E-state index in [0.717, 1.165) is 0 Å². The lowest BCUT2D eigenvalue weighted by Gasteiger charge is -2.10. The minimum atomic E-state index is 1.17. The summed E-state index contributed by atoms with van der Waals surface area (Å²) in [5.74, 6) is 0. The Morgan fingerprint density at radius 3 is 1.41 bits per heavy atom. The SMILES string of the molecule is c1ccc(-n2c3ccccc3c3c(-c4cccc5c6cccc7c8c9c%10ccccc%10n(-c%10ccccc%10)c9ccc8n(c45)c67)cccc32)cc1. The van der Waals surface area contributed by atoms with Gasteiger partial charge in [-0.3, -0.25) is 0 Å². The summed E-state index contributed by atoms with van der Waals surface area (Å²) >= 11 is 0. The van der Waals surface area contributed by atoms with E-state index in [2.05, 4.69) is 189 Å². The van der Waals surface area contributed by atoms with E-state index in [-0.39, 0.29) is 0 Å². The normalized spacial score (nSPS) is 12.3. The fourth-order valence-electron chi connectivity index (χ4n) is 9.24. The van der Waals surface area contributed by atoms with Crippen LogP contribution in [0.2, 0.25) is 0 Å². The molecular formula is C48H29N3. The summed E-state index contributed by atoms with van der Waals surface area (Å²) in [4.78, 5) is 0. The van der Waals surface area contributed by atoms with E-state index in [0.29, 0.717) is 0 Å². The van der Waals surface area contributed by atoms with Gasteiger partial charge in [-0.15, -0.1) is 0 Å². The van der Waals surface area contributed by atoms with Gasteiger partial charge in [-0.05, 0) is 60.2 Å². The maximum absolute atomic E-state index is 2.56. The highest BCUT2D eigenvalue weighted by Gasteiger charge is 2.25. The molecule has 0 aliphatic carbocycles. The summed E-state index contributed by atoms with van der Waals surface area (Å²) in [6, 6.07) is 64.4. The fraction of sp³-hybridized carbons (Fsp3) is 0. The van der Waals surface area contributed by atoms with Gasteiger partial charge in [-0.1, -0.05) is 121 Å². The smallest absolute Gasteiger partial charge is 0.0621 e. The fourth-order valence-corrected chi connectivity index (χ4v) is 9.24. The van der Waals surface area contributed by atoms with Crippen LogP contribution >= 0.6 is 0 Å². The lowest BCUT2D eigenvalue weighted by Crippen LogP contribution is -1.93. The van der Waals surface area contributed by atoms with E-state index in [4.69, 9.17) is 0 Å². The second-order valence-electron chi connectivity index (χ2n) is 13.7. The second kappa shape index (κ2) is 9.87. The highest BCUT2D eigenvalue weighted by Crippen LogP contribution is 2.48. The number of hydrogen-bond donors (Lipinski definition) is 0. The zero-order chi connectivity index (χ0) is 33.2. The first-order valence-corrected chi connectivity index (χ1v) is 17.6. The first-order chi connectivity index (χ1) is 25.4. The molecule has 3 nitrogen and oxygen atoms in total. The van der Waals surface area contributed by atoms with Crippen molar-refractivity contribution in [3.63, 3.8) is 0 Å². The van der Waals surface area contributed by atoms with Gasteiger partial charge < -0.3 is 13.5 Å². The zero-order valence-electron chi connectivity index (χ0n) is 27.6.